The predicted octanol–water partition coefficient (Wildman–Crippen LogP) is 3.07. The van der Waals surface area contributed by atoms with E-state index < -0.39 is 17.8 Å². The maximum atomic E-state index is 12.0. The van der Waals surface area contributed by atoms with Crippen LogP contribution in [0.2, 0.25) is 0 Å². The topological polar surface area (TPSA) is 110 Å². The number of ketones is 1. The molecule has 0 atom stereocenters. The van der Waals surface area contributed by atoms with Crippen molar-refractivity contribution < 1.29 is 29.0 Å². The fourth-order valence-electron chi connectivity index (χ4n) is 1.95. The normalized spacial score (nSPS) is 10.4. The van der Waals surface area contributed by atoms with Gasteiger partial charge in [0.25, 0.3) is 0 Å². The van der Waals surface area contributed by atoms with Crippen LogP contribution < -0.4 is 5.32 Å². The van der Waals surface area contributed by atoms with E-state index in [0.717, 1.165) is 10.5 Å². The van der Waals surface area contributed by atoms with Gasteiger partial charge >= 0.3 is 11.9 Å². The Morgan fingerprint density at radius 3 is 2.11 bits per heavy atom. The molecule has 1 amide bonds. The van der Waals surface area contributed by atoms with E-state index in [9.17, 15) is 19.2 Å². The summed E-state index contributed by atoms with van der Waals surface area (Å²) in [6.45, 7) is -0.390. The van der Waals surface area contributed by atoms with Crippen molar-refractivity contribution in [1.82, 2.24) is 0 Å². The number of carbonyl (C=O) groups is 4. The van der Waals surface area contributed by atoms with Gasteiger partial charge in [-0.1, -0.05) is 28.1 Å². The van der Waals surface area contributed by atoms with Crippen LogP contribution in [0.25, 0.3) is 0 Å². The minimum atomic E-state index is -1.24. The van der Waals surface area contributed by atoms with Crippen LogP contribution in [0, 0.1) is 0 Å². The number of hydrogen-bond donors (Lipinski definition) is 2. The van der Waals surface area contributed by atoms with E-state index in [-0.39, 0.29) is 18.0 Å². The van der Waals surface area contributed by atoms with E-state index in [1.165, 1.54) is 24.3 Å². The summed E-state index contributed by atoms with van der Waals surface area (Å²) < 4.78 is 5.83. The highest BCUT2D eigenvalue weighted by Crippen LogP contribution is 2.13. The minimum Gasteiger partial charge on any atom is -0.478 e. The van der Waals surface area contributed by atoms with Gasteiger partial charge < -0.3 is 15.2 Å². The molecule has 0 heterocycles. The zero-order chi connectivity index (χ0) is 19.8. The van der Waals surface area contributed by atoms with Gasteiger partial charge in [0.05, 0.1) is 5.56 Å². The lowest BCUT2D eigenvalue weighted by Gasteiger charge is -2.06. The average Bonchev–Trinajstić information content (AvgIpc) is 2.65. The highest BCUT2D eigenvalue weighted by Gasteiger charge is 2.12. The number of esters is 1. The number of anilines is 1. The second-order valence-corrected chi connectivity index (χ2v) is 6.16. The zero-order valence-corrected chi connectivity index (χ0v) is 15.4. The quantitative estimate of drug-likeness (QED) is 0.396. The largest absolute Gasteiger partial charge is 0.478 e. The molecule has 2 aromatic rings. The van der Waals surface area contributed by atoms with Gasteiger partial charge in [0.1, 0.15) is 0 Å². The molecular weight excluding hydrogens is 418 g/mol. The lowest BCUT2D eigenvalue weighted by molar-refractivity contribution is -0.131. The van der Waals surface area contributed by atoms with Gasteiger partial charge in [0.2, 0.25) is 5.91 Å². The Bertz CT molecular complexity index is 887. The van der Waals surface area contributed by atoms with E-state index in [1.54, 1.807) is 24.3 Å². The molecule has 0 aliphatic rings. The van der Waals surface area contributed by atoms with Crippen molar-refractivity contribution in [1.29, 1.82) is 0 Å². The maximum absolute atomic E-state index is 12.0. The lowest BCUT2D eigenvalue weighted by atomic mass is 10.1. The van der Waals surface area contributed by atoms with Crippen LogP contribution in [0.1, 0.15) is 20.7 Å². The second kappa shape index (κ2) is 9.44. The minimum absolute atomic E-state index is 0.206. The third kappa shape index (κ3) is 6.52. The highest BCUT2D eigenvalue weighted by atomic mass is 79.9. The Kier molecular flexibility index (Phi) is 7.01. The first kappa shape index (κ1) is 20.1. The van der Waals surface area contributed by atoms with Crippen molar-refractivity contribution in [2.45, 2.75) is 0 Å². The van der Waals surface area contributed by atoms with Crippen LogP contribution in [-0.4, -0.2) is 35.3 Å². The van der Waals surface area contributed by atoms with Crippen LogP contribution in [0.5, 0.6) is 0 Å². The van der Waals surface area contributed by atoms with Gasteiger partial charge in [-0.2, -0.15) is 0 Å². The van der Waals surface area contributed by atoms with Crippen LogP contribution in [-0.2, 0) is 14.3 Å². The van der Waals surface area contributed by atoms with Crippen molar-refractivity contribution >= 4 is 45.2 Å². The number of carboxylic acids is 1. The molecule has 138 valence electrons. The van der Waals surface area contributed by atoms with Crippen molar-refractivity contribution in [3.05, 3.63) is 76.3 Å². The van der Waals surface area contributed by atoms with Crippen LogP contribution in [0.15, 0.2) is 65.2 Å². The Labute approximate surface area is 162 Å². The van der Waals surface area contributed by atoms with Crippen LogP contribution >= 0.6 is 15.9 Å². The first-order chi connectivity index (χ1) is 12.8. The number of benzene rings is 2. The molecule has 8 heteroatoms. The Hall–Kier alpha value is -3.26. The molecule has 0 aliphatic carbocycles. The third-order valence-electron chi connectivity index (χ3n) is 3.27. The molecule has 0 aromatic heterocycles. The third-order valence-corrected chi connectivity index (χ3v) is 3.79. The molecule has 0 bridgehead atoms. The van der Waals surface area contributed by atoms with E-state index in [0.29, 0.717) is 17.3 Å². The van der Waals surface area contributed by atoms with Crippen molar-refractivity contribution in [2.75, 3.05) is 11.9 Å². The maximum Gasteiger partial charge on any atom is 0.338 e. The number of Topliss-reactive ketones (excluding diaryl/α,β-unsaturated/α-hetero) is 1. The monoisotopic (exact) mass is 431 g/mol. The summed E-state index contributed by atoms with van der Waals surface area (Å²) in [7, 11) is 0. The Balaban J connectivity index is 1.89. The number of amides is 1. The SMILES string of the molecule is O=C(O)C=CC(=O)Nc1ccc(C(=O)OCC(=O)c2ccc(Br)cc2)cc1. The van der Waals surface area contributed by atoms with E-state index in [1.807, 2.05) is 0 Å². The van der Waals surface area contributed by atoms with Crippen LogP contribution in [0.3, 0.4) is 0 Å². The average molecular weight is 432 g/mol. The number of ether oxygens (including phenoxy) is 1. The van der Waals surface area contributed by atoms with Gasteiger partial charge in [0, 0.05) is 27.9 Å². The molecular formula is C19H14BrNO6. The first-order valence-electron chi connectivity index (χ1n) is 7.63. The van der Waals surface area contributed by atoms with Gasteiger partial charge in [0.15, 0.2) is 12.4 Å². The van der Waals surface area contributed by atoms with Gasteiger partial charge in [-0.3, -0.25) is 9.59 Å². The summed E-state index contributed by atoms with van der Waals surface area (Å²) in [6.07, 6.45) is 1.59. The predicted molar refractivity (Wildman–Crippen MR) is 101 cm³/mol. The number of aliphatic carboxylic acids is 1. The number of nitrogens with one attached hydrogen (secondary N) is 1. The summed E-state index contributed by atoms with van der Waals surface area (Å²) in [5, 5.41) is 10.9. The molecule has 27 heavy (non-hydrogen) atoms. The molecule has 2 rings (SSSR count). The molecule has 2 aromatic carbocycles. The van der Waals surface area contributed by atoms with E-state index >= 15 is 0 Å². The molecule has 0 spiro atoms. The molecule has 0 unspecified atom stereocenters. The second-order valence-electron chi connectivity index (χ2n) is 5.24. The summed E-state index contributed by atoms with van der Waals surface area (Å²) in [4.78, 5) is 45.8. The fourth-order valence-corrected chi connectivity index (χ4v) is 2.22. The van der Waals surface area contributed by atoms with E-state index in [4.69, 9.17) is 9.84 Å². The fraction of sp³-hybridized carbons (Fsp3) is 0.0526. The molecule has 7 nitrogen and oxygen atoms in total. The number of halogens is 1. The van der Waals surface area contributed by atoms with Crippen molar-refractivity contribution in [3.8, 4) is 0 Å². The Morgan fingerprint density at radius 1 is 0.926 bits per heavy atom. The highest BCUT2D eigenvalue weighted by molar-refractivity contribution is 9.10. The van der Waals surface area contributed by atoms with E-state index in [2.05, 4.69) is 21.2 Å². The smallest absolute Gasteiger partial charge is 0.338 e. The molecule has 2 N–H and O–H groups in total. The molecule has 0 aliphatic heterocycles. The zero-order valence-electron chi connectivity index (χ0n) is 13.8. The van der Waals surface area contributed by atoms with Crippen molar-refractivity contribution in [3.63, 3.8) is 0 Å². The summed E-state index contributed by atoms with van der Waals surface area (Å²) in [5.41, 5.74) is 1.01. The van der Waals surface area contributed by atoms with Gasteiger partial charge in [-0.15, -0.1) is 0 Å². The standard InChI is InChI=1S/C19H14BrNO6/c20-14-5-1-12(2-6-14)16(22)11-27-19(26)13-3-7-15(8-4-13)21-17(23)9-10-18(24)25/h1-10H,11H2,(H,21,23)(H,24,25). The lowest BCUT2D eigenvalue weighted by Crippen LogP contribution is -2.14. The van der Waals surface area contributed by atoms with Gasteiger partial charge in [-0.05, 0) is 36.4 Å². The van der Waals surface area contributed by atoms with Gasteiger partial charge in [-0.25, -0.2) is 9.59 Å². The summed E-state index contributed by atoms with van der Waals surface area (Å²) in [6, 6.07) is 12.4. The summed E-state index contributed by atoms with van der Waals surface area (Å²) >= 11 is 3.27. The Morgan fingerprint density at radius 2 is 1.52 bits per heavy atom. The molecule has 0 radical (unpaired) electrons. The number of carbonyl (C=O) groups excluding carboxylic acids is 3. The molecule has 0 saturated heterocycles. The molecule has 0 fully saturated rings. The summed E-state index contributed by atoms with van der Waals surface area (Å²) in [5.74, 6) is -2.86. The first-order valence-corrected chi connectivity index (χ1v) is 8.42. The number of hydrogen-bond acceptors (Lipinski definition) is 5. The van der Waals surface area contributed by atoms with Crippen LogP contribution in [0.4, 0.5) is 5.69 Å². The molecule has 0 saturated carbocycles. The number of rotatable bonds is 7. The number of carboxylic acid groups (broad SMARTS) is 1. The van der Waals surface area contributed by atoms with Crippen molar-refractivity contribution in [2.24, 2.45) is 0 Å².